The molecular weight excluding hydrogens is 743 g/mol. The molecule has 2 unspecified atom stereocenters. The fraction of sp³-hybridized carbons (Fsp3) is 0.391. The van der Waals surface area contributed by atoms with Crippen molar-refractivity contribution in [3.63, 3.8) is 0 Å². The second kappa shape index (κ2) is 13.5. The van der Waals surface area contributed by atoms with Gasteiger partial charge in [0.05, 0.1) is 0 Å². The van der Waals surface area contributed by atoms with Crippen LogP contribution < -0.4 is 0 Å². The van der Waals surface area contributed by atoms with E-state index in [2.05, 4.69) is 172 Å². The van der Waals surface area contributed by atoms with Crippen molar-refractivity contribution in [3.05, 3.63) is 128 Å². The SMILES string of the molecule is CC1=C(C(C)(C)C)[CH]([Zr]([CH3])([CH3])(=[SiH2])[CH]2C(C(C)(C)C)=C(C)c3c(-c4cc(C)cc(C)c4)cccc32)c2cccc(-c3cc(C)cc(C)c3)c21.Cl.Cl. The summed E-state index contributed by atoms with van der Waals surface area (Å²) in [6.07, 6.45) is 0. The molecular formula is C46H60Cl2SiZr. The molecule has 0 spiro atoms. The Morgan fingerprint density at radius 1 is 0.500 bits per heavy atom. The van der Waals surface area contributed by atoms with Crippen LogP contribution in [0.1, 0.15) is 107 Å². The summed E-state index contributed by atoms with van der Waals surface area (Å²) in [6, 6.07) is 28.7. The maximum absolute atomic E-state index is 3.94. The zero-order valence-electron chi connectivity index (χ0n) is 33.1. The van der Waals surface area contributed by atoms with Crippen molar-refractivity contribution in [2.45, 2.75) is 99.6 Å². The fourth-order valence-electron chi connectivity index (χ4n) is 10.3. The fourth-order valence-corrected chi connectivity index (χ4v) is 30.2. The summed E-state index contributed by atoms with van der Waals surface area (Å²) in [5.41, 5.74) is 23.6. The van der Waals surface area contributed by atoms with Crippen molar-refractivity contribution in [2.75, 3.05) is 0 Å². The van der Waals surface area contributed by atoms with Crippen LogP contribution in [0.3, 0.4) is 0 Å². The molecule has 0 aromatic heterocycles. The van der Waals surface area contributed by atoms with E-state index in [4.69, 9.17) is 0 Å². The van der Waals surface area contributed by atoms with Crippen molar-refractivity contribution in [3.8, 4) is 22.3 Å². The van der Waals surface area contributed by atoms with Crippen molar-refractivity contribution in [1.82, 2.24) is 0 Å². The summed E-state index contributed by atoms with van der Waals surface area (Å²) in [5.74, 6) is 0. The number of halogens is 2. The topological polar surface area (TPSA) is 0 Å². The average Bonchev–Trinajstić information content (AvgIpc) is 3.45. The van der Waals surface area contributed by atoms with Crippen LogP contribution in [0.15, 0.2) is 83.9 Å². The van der Waals surface area contributed by atoms with Gasteiger partial charge in [0, 0.05) is 0 Å². The van der Waals surface area contributed by atoms with Crippen LogP contribution in [-0.2, 0) is 17.4 Å². The minimum atomic E-state index is -3.94. The third kappa shape index (κ3) is 6.70. The molecule has 4 heteroatoms. The Labute approximate surface area is 319 Å². The Morgan fingerprint density at radius 3 is 1.08 bits per heavy atom. The van der Waals surface area contributed by atoms with Gasteiger partial charge in [-0.1, -0.05) is 0 Å². The molecule has 0 N–H and O–H groups in total. The summed E-state index contributed by atoms with van der Waals surface area (Å²) < 4.78 is 6.56. The molecule has 4 aromatic carbocycles. The molecule has 0 saturated carbocycles. The smallest absolute Gasteiger partial charge is 0.147 e. The zero-order chi connectivity index (χ0) is 35.3. The van der Waals surface area contributed by atoms with E-state index in [9.17, 15) is 0 Å². The molecule has 2 aliphatic carbocycles. The van der Waals surface area contributed by atoms with Gasteiger partial charge in [-0.25, -0.2) is 0 Å². The van der Waals surface area contributed by atoms with Gasteiger partial charge in [-0.2, -0.15) is 0 Å². The Kier molecular flexibility index (Phi) is 11.0. The van der Waals surface area contributed by atoms with Gasteiger partial charge >= 0.3 is 297 Å². The largest absolute Gasteiger partial charge is 0.147 e. The maximum atomic E-state index is 2.82. The molecule has 4 aromatic rings. The van der Waals surface area contributed by atoms with Crippen molar-refractivity contribution >= 4 is 42.8 Å². The molecule has 0 aliphatic heterocycles. The van der Waals surface area contributed by atoms with Crippen LogP contribution >= 0.6 is 24.8 Å². The van der Waals surface area contributed by atoms with E-state index in [-0.39, 0.29) is 35.6 Å². The predicted molar refractivity (Wildman–Crippen MR) is 227 cm³/mol. The van der Waals surface area contributed by atoms with Gasteiger partial charge in [0.15, 0.2) is 0 Å². The Morgan fingerprint density at radius 2 is 0.800 bits per heavy atom. The number of hydrogen-bond donors (Lipinski definition) is 0. The minimum absolute atomic E-state index is 0. The number of benzene rings is 4. The predicted octanol–water partition coefficient (Wildman–Crippen LogP) is 13.9. The second-order valence-corrected chi connectivity index (χ2v) is 49.1. The molecule has 0 radical (unpaired) electrons. The van der Waals surface area contributed by atoms with Gasteiger partial charge < -0.3 is 0 Å². The third-order valence-electron chi connectivity index (χ3n) is 11.5. The van der Waals surface area contributed by atoms with E-state index < -0.39 is 17.4 Å². The zero-order valence-corrected chi connectivity index (χ0v) is 38.6. The van der Waals surface area contributed by atoms with Crippen LogP contribution in [0.5, 0.6) is 0 Å². The molecule has 6 rings (SSSR count). The van der Waals surface area contributed by atoms with E-state index in [1.165, 1.54) is 66.8 Å². The van der Waals surface area contributed by atoms with Gasteiger partial charge in [0.25, 0.3) is 0 Å². The normalized spacial score (nSPS) is 17.7. The van der Waals surface area contributed by atoms with Gasteiger partial charge in [-0.15, -0.1) is 24.8 Å². The monoisotopic (exact) mass is 800 g/mol. The van der Waals surface area contributed by atoms with Crippen LogP contribution in [0, 0.1) is 38.5 Å². The first kappa shape index (κ1) is 40.8. The Balaban J connectivity index is 0.00000281. The molecule has 0 heterocycles. The first-order valence-electron chi connectivity index (χ1n) is 18.0. The van der Waals surface area contributed by atoms with E-state index in [0.717, 1.165) is 0 Å². The average molecular weight is 803 g/mol. The van der Waals surface area contributed by atoms with Crippen LogP contribution in [0.25, 0.3) is 33.4 Å². The summed E-state index contributed by atoms with van der Waals surface area (Å²) in [6.45, 7) is 31.2. The standard InChI is InChI=1S/2C22H25.2CH3.2ClH.H2Si.Zr/c2*1-14-10-15(2)12-18(11-14)19-9-7-8-17-13-20(22(4,5)6)16(3)21(17)19;;;;;;/h2*7-13H,1-6H3;2*1H3;2*1H;1H2;. The minimum Gasteiger partial charge on any atom is -0.147 e. The number of rotatable bonds is 4. The molecule has 0 nitrogen and oxygen atoms in total. The maximum Gasteiger partial charge on any atom is -0.147 e. The molecule has 0 amide bonds. The van der Waals surface area contributed by atoms with Crippen molar-refractivity contribution in [1.29, 1.82) is 0 Å². The van der Waals surface area contributed by atoms with Gasteiger partial charge in [-0.05, 0) is 0 Å². The molecule has 2 atom stereocenters. The molecule has 0 bridgehead atoms. The van der Waals surface area contributed by atoms with Crippen LogP contribution in [0.4, 0.5) is 0 Å². The van der Waals surface area contributed by atoms with E-state index in [1.54, 1.807) is 22.3 Å². The van der Waals surface area contributed by atoms with Gasteiger partial charge in [0.2, 0.25) is 0 Å². The van der Waals surface area contributed by atoms with Crippen molar-refractivity contribution in [2.24, 2.45) is 10.8 Å². The molecule has 0 fully saturated rings. The first-order valence-corrected chi connectivity index (χ1v) is 31.7. The number of fused-ring (bicyclic) bond motifs is 2. The van der Waals surface area contributed by atoms with Crippen LogP contribution in [-0.4, -0.2) is 6.88 Å². The second-order valence-electron chi connectivity index (χ2n) is 18.7. The first-order chi connectivity index (χ1) is 22.1. The summed E-state index contributed by atoms with van der Waals surface area (Å²) >= 11 is -3.94. The van der Waals surface area contributed by atoms with Gasteiger partial charge in [0.1, 0.15) is 0 Å². The number of aryl methyl sites for hydroxylation is 4. The number of allylic oxidation sites excluding steroid dienone is 4. The van der Waals surface area contributed by atoms with Crippen LogP contribution in [0.2, 0.25) is 9.26 Å². The van der Waals surface area contributed by atoms with E-state index >= 15 is 0 Å². The summed E-state index contributed by atoms with van der Waals surface area (Å²) in [4.78, 5) is 0. The quantitative estimate of drug-likeness (QED) is 0.180. The third-order valence-corrected chi connectivity index (χ3v) is 28.6. The van der Waals surface area contributed by atoms with Crippen molar-refractivity contribution < 1.29 is 17.4 Å². The van der Waals surface area contributed by atoms with Gasteiger partial charge in [-0.3, -0.25) is 0 Å². The molecule has 266 valence electrons. The Hall–Kier alpha value is -1.96. The van der Waals surface area contributed by atoms with E-state index in [1.807, 2.05) is 0 Å². The molecule has 0 saturated heterocycles. The van der Waals surface area contributed by atoms with E-state index in [0.29, 0.717) is 7.25 Å². The Bertz CT molecular complexity index is 1950. The number of hydrogen-bond acceptors (Lipinski definition) is 0. The molecule has 50 heavy (non-hydrogen) atoms. The summed E-state index contributed by atoms with van der Waals surface area (Å²) in [5, 5.41) is 0. The molecule has 2 aliphatic rings. The summed E-state index contributed by atoms with van der Waals surface area (Å²) in [7, 11) is 0.